The molecule has 0 fully saturated rings. The summed E-state index contributed by atoms with van der Waals surface area (Å²) < 4.78 is 0.821. The van der Waals surface area contributed by atoms with Gasteiger partial charge in [0.15, 0.2) is 0 Å². The second-order valence-corrected chi connectivity index (χ2v) is 6.32. The number of carbonyl (C=O) groups excluding carboxylic acids is 1. The first-order valence-electron chi connectivity index (χ1n) is 7.98. The van der Waals surface area contributed by atoms with Gasteiger partial charge >= 0.3 is 0 Å². The first-order valence-corrected chi connectivity index (χ1v) is 8.77. The maximum absolute atomic E-state index is 11.9. The predicted molar refractivity (Wildman–Crippen MR) is 93.5 cm³/mol. The SMILES string of the molecule is CCCCCCCCCCNC(=O)c1ccc(Br)c(N)c1. The van der Waals surface area contributed by atoms with E-state index in [4.69, 9.17) is 5.73 Å². The highest BCUT2D eigenvalue weighted by atomic mass is 79.9. The lowest BCUT2D eigenvalue weighted by molar-refractivity contribution is 0.0953. The quantitative estimate of drug-likeness (QED) is 0.463. The Labute approximate surface area is 136 Å². The van der Waals surface area contributed by atoms with Crippen molar-refractivity contribution >= 4 is 27.5 Å². The van der Waals surface area contributed by atoms with Crippen LogP contribution in [0.4, 0.5) is 5.69 Å². The van der Waals surface area contributed by atoms with E-state index >= 15 is 0 Å². The van der Waals surface area contributed by atoms with Crippen LogP contribution in [0.25, 0.3) is 0 Å². The van der Waals surface area contributed by atoms with Gasteiger partial charge in [0.25, 0.3) is 5.91 Å². The fourth-order valence-electron chi connectivity index (χ4n) is 2.25. The molecule has 0 aliphatic rings. The smallest absolute Gasteiger partial charge is 0.251 e. The van der Waals surface area contributed by atoms with Crippen molar-refractivity contribution in [2.24, 2.45) is 0 Å². The highest BCUT2D eigenvalue weighted by Crippen LogP contribution is 2.20. The van der Waals surface area contributed by atoms with Crippen molar-refractivity contribution in [2.75, 3.05) is 12.3 Å². The third-order valence-corrected chi connectivity index (χ3v) is 4.30. The number of rotatable bonds is 10. The Kier molecular flexibility index (Phi) is 9.15. The van der Waals surface area contributed by atoms with Crippen LogP contribution in [-0.2, 0) is 0 Å². The first kappa shape index (κ1) is 18.0. The number of halogens is 1. The second-order valence-electron chi connectivity index (χ2n) is 5.47. The molecule has 0 heterocycles. The molecule has 0 bridgehead atoms. The minimum Gasteiger partial charge on any atom is -0.398 e. The average molecular weight is 355 g/mol. The lowest BCUT2D eigenvalue weighted by Crippen LogP contribution is -2.24. The fraction of sp³-hybridized carbons (Fsp3) is 0.588. The van der Waals surface area contributed by atoms with E-state index in [1.54, 1.807) is 18.2 Å². The molecule has 118 valence electrons. The fourth-order valence-corrected chi connectivity index (χ4v) is 2.49. The Hall–Kier alpha value is -1.03. The molecule has 0 spiro atoms. The van der Waals surface area contributed by atoms with E-state index in [-0.39, 0.29) is 5.91 Å². The molecule has 0 aromatic heterocycles. The molecule has 1 aromatic carbocycles. The number of nitrogens with one attached hydrogen (secondary N) is 1. The highest BCUT2D eigenvalue weighted by molar-refractivity contribution is 9.10. The van der Waals surface area contributed by atoms with Gasteiger partial charge in [0.05, 0.1) is 0 Å². The molecule has 3 nitrogen and oxygen atoms in total. The van der Waals surface area contributed by atoms with Crippen LogP contribution in [0.15, 0.2) is 22.7 Å². The lowest BCUT2D eigenvalue weighted by atomic mass is 10.1. The van der Waals surface area contributed by atoms with Crippen molar-refractivity contribution in [1.82, 2.24) is 5.32 Å². The summed E-state index contributed by atoms with van der Waals surface area (Å²) in [5.41, 5.74) is 6.99. The van der Waals surface area contributed by atoms with Crippen molar-refractivity contribution in [3.05, 3.63) is 28.2 Å². The summed E-state index contributed by atoms with van der Waals surface area (Å²) in [6.45, 7) is 2.98. The number of nitrogen functional groups attached to an aromatic ring is 1. The highest BCUT2D eigenvalue weighted by Gasteiger charge is 2.06. The van der Waals surface area contributed by atoms with E-state index in [1.807, 2.05) is 0 Å². The van der Waals surface area contributed by atoms with Gasteiger partial charge in [-0.05, 0) is 40.5 Å². The van der Waals surface area contributed by atoms with E-state index in [2.05, 4.69) is 28.2 Å². The summed E-state index contributed by atoms with van der Waals surface area (Å²) in [6, 6.07) is 5.29. The molecular formula is C17H27BrN2O. The van der Waals surface area contributed by atoms with Gasteiger partial charge < -0.3 is 11.1 Å². The minimum atomic E-state index is -0.0443. The zero-order valence-electron chi connectivity index (χ0n) is 13.0. The van der Waals surface area contributed by atoms with Crippen molar-refractivity contribution in [3.8, 4) is 0 Å². The van der Waals surface area contributed by atoms with Gasteiger partial charge in [-0.25, -0.2) is 0 Å². The number of amides is 1. The molecule has 0 saturated heterocycles. The van der Waals surface area contributed by atoms with Gasteiger partial charge in [-0.3, -0.25) is 4.79 Å². The zero-order valence-corrected chi connectivity index (χ0v) is 14.5. The molecule has 4 heteroatoms. The van der Waals surface area contributed by atoms with Gasteiger partial charge in [0.1, 0.15) is 0 Å². The van der Waals surface area contributed by atoms with Crippen LogP contribution in [0.5, 0.6) is 0 Å². The Morgan fingerprint density at radius 1 is 1.10 bits per heavy atom. The number of unbranched alkanes of at least 4 members (excludes halogenated alkanes) is 7. The predicted octanol–water partition coefficient (Wildman–Crippen LogP) is 4.90. The molecule has 0 atom stereocenters. The van der Waals surface area contributed by atoms with Gasteiger partial charge in [-0.15, -0.1) is 0 Å². The van der Waals surface area contributed by atoms with E-state index in [0.29, 0.717) is 11.3 Å². The van der Waals surface area contributed by atoms with Gasteiger partial charge in [-0.1, -0.05) is 51.9 Å². The monoisotopic (exact) mass is 354 g/mol. The molecular weight excluding hydrogens is 328 g/mol. The summed E-state index contributed by atoms with van der Waals surface area (Å²) in [7, 11) is 0. The third kappa shape index (κ3) is 7.51. The number of nitrogens with two attached hydrogens (primary N) is 1. The van der Waals surface area contributed by atoms with Crippen LogP contribution < -0.4 is 11.1 Å². The molecule has 1 rings (SSSR count). The molecule has 1 amide bonds. The third-order valence-electron chi connectivity index (χ3n) is 3.57. The molecule has 3 N–H and O–H groups in total. The van der Waals surface area contributed by atoms with Crippen LogP contribution >= 0.6 is 15.9 Å². The summed E-state index contributed by atoms with van der Waals surface area (Å²) >= 11 is 3.33. The molecule has 0 saturated carbocycles. The van der Waals surface area contributed by atoms with E-state index < -0.39 is 0 Å². The summed E-state index contributed by atoms with van der Waals surface area (Å²) in [5.74, 6) is -0.0443. The van der Waals surface area contributed by atoms with E-state index in [0.717, 1.165) is 17.4 Å². The maximum atomic E-state index is 11.9. The molecule has 0 aliphatic carbocycles. The summed E-state index contributed by atoms with van der Waals surface area (Å²) in [5, 5.41) is 2.95. The topological polar surface area (TPSA) is 55.1 Å². The van der Waals surface area contributed by atoms with Crippen LogP contribution in [0.3, 0.4) is 0 Å². The number of hydrogen-bond acceptors (Lipinski definition) is 2. The van der Waals surface area contributed by atoms with Crippen molar-refractivity contribution in [2.45, 2.75) is 58.3 Å². The Morgan fingerprint density at radius 2 is 1.71 bits per heavy atom. The van der Waals surface area contributed by atoms with Gasteiger partial charge in [-0.2, -0.15) is 0 Å². The van der Waals surface area contributed by atoms with Crippen molar-refractivity contribution in [1.29, 1.82) is 0 Å². The van der Waals surface area contributed by atoms with Crippen molar-refractivity contribution in [3.63, 3.8) is 0 Å². The Morgan fingerprint density at radius 3 is 2.33 bits per heavy atom. The molecule has 21 heavy (non-hydrogen) atoms. The Balaban J connectivity index is 2.09. The van der Waals surface area contributed by atoms with Crippen LogP contribution in [0.2, 0.25) is 0 Å². The van der Waals surface area contributed by atoms with Crippen LogP contribution in [-0.4, -0.2) is 12.5 Å². The van der Waals surface area contributed by atoms with Crippen LogP contribution in [0, 0.1) is 0 Å². The van der Waals surface area contributed by atoms with Gasteiger partial charge in [0, 0.05) is 22.3 Å². The standard InChI is InChI=1S/C17H27BrN2O/c1-2-3-4-5-6-7-8-9-12-20-17(21)14-10-11-15(18)16(19)13-14/h10-11,13H,2-9,12,19H2,1H3,(H,20,21). The Bertz CT molecular complexity index is 435. The minimum absolute atomic E-state index is 0.0443. The largest absolute Gasteiger partial charge is 0.398 e. The normalized spacial score (nSPS) is 10.6. The number of carbonyl (C=O) groups is 1. The first-order chi connectivity index (χ1) is 10.1. The summed E-state index contributed by atoms with van der Waals surface area (Å²) in [6.07, 6.45) is 10.2. The zero-order chi connectivity index (χ0) is 15.5. The van der Waals surface area contributed by atoms with E-state index in [9.17, 15) is 4.79 Å². The lowest BCUT2D eigenvalue weighted by Gasteiger charge is -2.07. The van der Waals surface area contributed by atoms with Crippen molar-refractivity contribution < 1.29 is 4.79 Å². The second kappa shape index (κ2) is 10.7. The molecule has 0 aliphatic heterocycles. The summed E-state index contributed by atoms with van der Waals surface area (Å²) in [4.78, 5) is 11.9. The van der Waals surface area contributed by atoms with Crippen LogP contribution in [0.1, 0.15) is 68.6 Å². The molecule has 1 aromatic rings. The molecule has 0 radical (unpaired) electrons. The van der Waals surface area contributed by atoms with Gasteiger partial charge in [0.2, 0.25) is 0 Å². The maximum Gasteiger partial charge on any atom is 0.251 e. The number of anilines is 1. The van der Waals surface area contributed by atoms with E-state index in [1.165, 1.54) is 44.9 Å². The number of hydrogen-bond donors (Lipinski definition) is 2. The number of benzene rings is 1. The average Bonchev–Trinajstić information content (AvgIpc) is 2.48. The molecule has 0 unspecified atom stereocenters.